The zero-order valence-electron chi connectivity index (χ0n) is 13.1. The van der Waals surface area contributed by atoms with E-state index in [1.807, 2.05) is 0 Å². The standard InChI is InChI=1S/C18H16F3NO/c1-4-22-17-6-10(2)13(5-11(17)3)18(23)9-14-15(20)7-12(19)8-16(14)21/h4-8H,9H2,1-3H3. The molecule has 0 heterocycles. The summed E-state index contributed by atoms with van der Waals surface area (Å²) < 4.78 is 40.3. The zero-order valence-corrected chi connectivity index (χ0v) is 13.1. The molecule has 2 rings (SSSR count). The molecule has 0 unspecified atom stereocenters. The maximum atomic E-state index is 13.7. The van der Waals surface area contributed by atoms with Gasteiger partial charge in [0, 0.05) is 35.9 Å². The molecule has 0 atom stereocenters. The molecule has 23 heavy (non-hydrogen) atoms. The Morgan fingerprint density at radius 2 is 1.65 bits per heavy atom. The normalized spacial score (nSPS) is 11.2. The molecule has 0 fully saturated rings. The minimum Gasteiger partial charge on any atom is -0.294 e. The largest absolute Gasteiger partial charge is 0.294 e. The Morgan fingerprint density at radius 3 is 2.22 bits per heavy atom. The number of hydrogen-bond donors (Lipinski definition) is 0. The van der Waals surface area contributed by atoms with E-state index in [9.17, 15) is 18.0 Å². The van der Waals surface area contributed by atoms with E-state index in [1.165, 1.54) is 0 Å². The summed E-state index contributed by atoms with van der Waals surface area (Å²) in [4.78, 5) is 16.6. The lowest BCUT2D eigenvalue weighted by Crippen LogP contribution is -2.09. The molecule has 0 aromatic heterocycles. The smallest absolute Gasteiger partial charge is 0.167 e. The van der Waals surface area contributed by atoms with Gasteiger partial charge in [-0.05, 0) is 44.0 Å². The number of ketones is 1. The number of Topliss-reactive ketones (excluding diaryl/α,β-unsaturated/α-hetero) is 1. The van der Waals surface area contributed by atoms with Crippen molar-refractivity contribution in [3.63, 3.8) is 0 Å². The minimum absolute atomic E-state index is 0.376. The molecule has 0 aliphatic carbocycles. The number of halogens is 3. The van der Waals surface area contributed by atoms with Crippen molar-refractivity contribution < 1.29 is 18.0 Å². The van der Waals surface area contributed by atoms with Crippen LogP contribution in [0, 0.1) is 31.3 Å². The summed E-state index contributed by atoms with van der Waals surface area (Å²) in [6, 6.07) is 4.55. The highest BCUT2D eigenvalue weighted by molar-refractivity contribution is 5.99. The highest BCUT2D eigenvalue weighted by Gasteiger charge is 2.18. The van der Waals surface area contributed by atoms with Gasteiger partial charge in [-0.2, -0.15) is 0 Å². The number of benzene rings is 2. The number of rotatable bonds is 4. The molecule has 2 aromatic carbocycles. The first-order valence-corrected chi connectivity index (χ1v) is 7.10. The van der Waals surface area contributed by atoms with Crippen LogP contribution in [-0.4, -0.2) is 12.0 Å². The third-order valence-electron chi connectivity index (χ3n) is 3.55. The van der Waals surface area contributed by atoms with Gasteiger partial charge in [0.2, 0.25) is 0 Å². The second-order valence-corrected chi connectivity index (χ2v) is 5.29. The minimum atomic E-state index is -1.06. The van der Waals surface area contributed by atoms with Crippen LogP contribution in [-0.2, 0) is 6.42 Å². The van der Waals surface area contributed by atoms with Crippen molar-refractivity contribution in [2.45, 2.75) is 27.2 Å². The second-order valence-electron chi connectivity index (χ2n) is 5.29. The van der Waals surface area contributed by atoms with Crippen LogP contribution >= 0.6 is 0 Å². The Hall–Kier alpha value is -2.43. The lowest BCUT2D eigenvalue weighted by molar-refractivity contribution is 0.0990. The van der Waals surface area contributed by atoms with Gasteiger partial charge in [0.15, 0.2) is 5.78 Å². The van der Waals surface area contributed by atoms with Gasteiger partial charge >= 0.3 is 0 Å². The molecular formula is C18H16F3NO. The molecule has 0 amide bonds. The van der Waals surface area contributed by atoms with Gasteiger partial charge in [-0.3, -0.25) is 9.79 Å². The molecule has 0 aliphatic heterocycles. The fourth-order valence-corrected chi connectivity index (χ4v) is 2.38. The summed E-state index contributed by atoms with van der Waals surface area (Å²) in [6.07, 6.45) is 1.18. The van der Waals surface area contributed by atoms with Gasteiger partial charge in [0.1, 0.15) is 17.5 Å². The lowest BCUT2D eigenvalue weighted by Gasteiger charge is -2.10. The van der Waals surface area contributed by atoms with Crippen LogP contribution in [0.15, 0.2) is 29.3 Å². The van der Waals surface area contributed by atoms with E-state index in [-0.39, 0.29) is 0 Å². The average Bonchev–Trinajstić information content (AvgIpc) is 2.46. The van der Waals surface area contributed by atoms with Crippen LogP contribution in [0.25, 0.3) is 0 Å². The van der Waals surface area contributed by atoms with E-state index in [2.05, 4.69) is 4.99 Å². The summed E-state index contributed by atoms with van der Waals surface area (Å²) in [5.41, 5.74) is 2.15. The second kappa shape index (κ2) is 6.77. The van der Waals surface area contributed by atoms with Crippen LogP contribution in [0.3, 0.4) is 0 Å². The van der Waals surface area contributed by atoms with Crippen LogP contribution in [0.4, 0.5) is 18.9 Å². The number of aryl methyl sites for hydroxylation is 2. The molecule has 0 N–H and O–H groups in total. The van der Waals surface area contributed by atoms with E-state index >= 15 is 0 Å². The first kappa shape index (κ1) is 16.9. The molecule has 2 nitrogen and oxygen atoms in total. The van der Waals surface area contributed by atoms with Crippen molar-refractivity contribution in [1.29, 1.82) is 0 Å². The van der Waals surface area contributed by atoms with Gasteiger partial charge in [-0.25, -0.2) is 13.2 Å². The molecule has 0 spiro atoms. The Kier molecular flexibility index (Phi) is 4.98. The summed E-state index contributed by atoms with van der Waals surface area (Å²) in [7, 11) is 0. The van der Waals surface area contributed by atoms with Gasteiger partial charge < -0.3 is 0 Å². The van der Waals surface area contributed by atoms with Gasteiger partial charge in [0.25, 0.3) is 0 Å². The van der Waals surface area contributed by atoms with Crippen molar-refractivity contribution >= 4 is 17.7 Å². The Balaban J connectivity index is 2.37. The summed E-state index contributed by atoms with van der Waals surface area (Å²) in [5, 5.41) is 0. The molecule has 0 bridgehead atoms. The van der Waals surface area contributed by atoms with E-state index < -0.39 is 35.2 Å². The summed E-state index contributed by atoms with van der Waals surface area (Å²) in [5.74, 6) is -3.55. The number of carbonyl (C=O) groups is 1. The monoisotopic (exact) mass is 319 g/mol. The van der Waals surface area contributed by atoms with Crippen molar-refractivity contribution in [1.82, 2.24) is 0 Å². The predicted molar refractivity (Wildman–Crippen MR) is 84.1 cm³/mol. The molecule has 120 valence electrons. The topological polar surface area (TPSA) is 29.4 Å². The van der Waals surface area contributed by atoms with Crippen molar-refractivity contribution in [3.05, 3.63) is 64.0 Å². The maximum Gasteiger partial charge on any atom is 0.167 e. The van der Waals surface area contributed by atoms with Crippen LogP contribution in [0.2, 0.25) is 0 Å². The van der Waals surface area contributed by atoms with Gasteiger partial charge in [-0.1, -0.05) is 0 Å². The number of aliphatic imine (C=N–C) groups is 1. The molecular weight excluding hydrogens is 303 g/mol. The quantitative estimate of drug-likeness (QED) is 0.584. The van der Waals surface area contributed by atoms with E-state index in [0.717, 1.165) is 11.3 Å². The Morgan fingerprint density at radius 1 is 1.04 bits per heavy atom. The first-order chi connectivity index (χ1) is 10.8. The third-order valence-corrected chi connectivity index (χ3v) is 3.55. The maximum absolute atomic E-state index is 13.7. The average molecular weight is 319 g/mol. The van der Waals surface area contributed by atoms with E-state index in [1.54, 1.807) is 39.1 Å². The Labute approximate surface area is 132 Å². The number of hydrogen-bond acceptors (Lipinski definition) is 2. The van der Waals surface area contributed by atoms with Crippen LogP contribution < -0.4 is 0 Å². The molecule has 0 saturated carbocycles. The molecule has 0 aliphatic rings. The molecule has 0 saturated heterocycles. The predicted octanol–water partition coefficient (Wildman–Crippen LogP) is 4.87. The van der Waals surface area contributed by atoms with Crippen molar-refractivity contribution in [3.8, 4) is 0 Å². The number of carbonyl (C=O) groups excluding carboxylic acids is 1. The van der Waals surface area contributed by atoms with Crippen LogP contribution in [0.5, 0.6) is 0 Å². The molecule has 5 heteroatoms. The van der Waals surface area contributed by atoms with Gasteiger partial charge in [0.05, 0.1) is 5.69 Å². The van der Waals surface area contributed by atoms with Gasteiger partial charge in [-0.15, -0.1) is 0 Å². The molecule has 0 radical (unpaired) electrons. The third kappa shape index (κ3) is 3.67. The van der Waals surface area contributed by atoms with E-state index in [0.29, 0.717) is 23.3 Å². The lowest BCUT2D eigenvalue weighted by atomic mass is 9.96. The summed E-state index contributed by atoms with van der Waals surface area (Å²) in [6.45, 7) is 5.32. The fraction of sp³-hybridized carbons (Fsp3) is 0.222. The Bertz CT molecular complexity index is 774. The van der Waals surface area contributed by atoms with E-state index in [4.69, 9.17) is 0 Å². The SMILES string of the molecule is CC=Nc1cc(C)c(C(=O)Cc2c(F)cc(F)cc2F)cc1C. The number of nitrogens with zero attached hydrogens (tertiary/aromatic N) is 1. The highest BCUT2D eigenvalue weighted by atomic mass is 19.1. The highest BCUT2D eigenvalue weighted by Crippen LogP contribution is 2.25. The van der Waals surface area contributed by atoms with Crippen molar-refractivity contribution in [2.75, 3.05) is 0 Å². The van der Waals surface area contributed by atoms with Crippen LogP contribution in [0.1, 0.15) is 34.0 Å². The fourth-order valence-electron chi connectivity index (χ4n) is 2.38. The van der Waals surface area contributed by atoms with Crippen molar-refractivity contribution in [2.24, 2.45) is 4.99 Å². The molecule has 2 aromatic rings. The first-order valence-electron chi connectivity index (χ1n) is 7.10. The zero-order chi connectivity index (χ0) is 17.1. The summed E-state index contributed by atoms with van der Waals surface area (Å²) >= 11 is 0.